The highest BCUT2D eigenvalue weighted by Crippen LogP contribution is 2.39. The van der Waals surface area contributed by atoms with Gasteiger partial charge in [-0.1, -0.05) is 63.2 Å². The highest BCUT2D eigenvalue weighted by atomic mass is 19.1. The quantitative estimate of drug-likeness (QED) is 0.285. The molecule has 0 radical (unpaired) electrons. The first-order valence-corrected chi connectivity index (χ1v) is 12.1. The standard InChI is InChI=1S/C28H35FN4.2CH2O/c1-20(21-9-11-22(12-10-21)23-14-17-32-18-15-23)28(2,3)19-27(31-4)33-26(13-16-30)24-7-5-6-8-25(24)29;2*1-2/h5-12,14-15,17-18,20,26H,13,16,19,30H2,1-4H3,(H,31,33);2*1H2/t20?,26-;;/m0../s1. The van der Waals surface area contributed by atoms with Gasteiger partial charge in [-0.15, -0.1) is 0 Å². The van der Waals surface area contributed by atoms with E-state index < -0.39 is 0 Å². The molecule has 6 nitrogen and oxygen atoms in total. The third-order valence-electron chi connectivity index (χ3n) is 6.57. The zero-order valence-electron chi connectivity index (χ0n) is 22.3. The van der Waals surface area contributed by atoms with Crippen LogP contribution in [0.3, 0.4) is 0 Å². The number of nitrogens with zero attached hydrogens (tertiary/aromatic N) is 2. The molecule has 0 aliphatic heterocycles. The molecule has 37 heavy (non-hydrogen) atoms. The van der Waals surface area contributed by atoms with Crippen LogP contribution in [0.1, 0.15) is 56.7 Å². The molecule has 3 N–H and O–H groups in total. The maximum atomic E-state index is 14.4. The minimum absolute atomic E-state index is 0.0669. The van der Waals surface area contributed by atoms with Crippen molar-refractivity contribution in [3.05, 3.63) is 90.0 Å². The van der Waals surface area contributed by atoms with E-state index in [1.54, 1.807) is 13.1 Å². The fourth-order valence-corrected chi connectivity index (χ4v) is 4.17. The fraction of sp³-hybridized carbons (Fsp3) is 0.333. The number of nitrogens with two attached hydrogens (primary N) is 1. The Morgan fingerprint density at radius 1 is 1.00 bits per heavy atom. The van der Waals surface area contributed by atoms with Gasteiger partial charge in [0.2, 0.25) is 0 Å². The van der Waals surface area contributed by atoms with Crippen molar-refractivity contribution >= 4 is 19.4 Å². The van der Waals surface area contributed by atoms with Crippen LogP contribution < -0.4 is 11.1 Å². The van der Waals surface area contributed by atoms with Crippen LogP contribution in [0.5, 0.6) is 0 Å². The zero-order valence-corrected chi connectivity index (χ0v) is 22.3. The van der Waals surface area contributed by atoms with Gasteiger partial charge in [0.1, 0.15) is 19.4 Å². The summed E-state index contributed by atoms with van der Waals surface area (Å²) in [5, 5.41) is 3.48. The summed E-state index contributed by atoms with van der Waals surface area (Å²) in [7, 11) is 1.79. The summed E-state index contributed by atoms with van der Waals surface area (Å²) in [5.74, 6) is 0.937. The number of carbonyl (C=O) groups excluding carboxylic acids is 2. The highest BCUT2D eigenvalue weighted by molar-refractivity contribution is 5.83. The van der Waals surface area contributed by atoms with Crippen LogP contribution in [-0.4, -0.2) is 38.0 Å². The summed E-state index contributed by atoms with van der Waals surface area (Å²) in [6.07, 6.45) is 5.00. The van der Waals surface area contributed by atoms with E-state index in [1.807, 2.05) is 50.2 Å². The van der Waals surface area contributed by atoms with Crippen LogP contribution in [0.2, 0.25) is 0 Å². The molecular formula is C30H39FN4O2. The Bertz CT molecular complexity index is 1090. The van der Waals surface area contributed by atoms with Gasteiger partial charge in [-0.3, -0.25) is 9.98 Å². The number of nitrogens with one attached hydrogen (secondary N) is 1. The minimum Gasteiger partial charge on any atom is -0.367 e. The minimum atomic E-state index is -0.221. The number of hydrogen-bond donors (Lipinski definition) is 2. The van der Waals surface area contributed by atoms with E-state index in [9.17, 15) is 4.39 Å². The molecule has 0 amide bonds. The number of halogens is 1. The van der Waals surface area contributed by atoms with E-state index in [4.69, 9.17) is 15.3 Å². The van der Waals surface area contributed by atoms with E-state index in [2.05, 4.69) is 60.3 Å². The maximum absolute atomic E-state index is 14.4. The zero-order chi connectivity index (χ0) is 27.8. The Hall–Kier alpha value is -3.71. The number of carbonyl (C=O) groups is 2. The summed E-state index contributed by atoms with van der Waals surface area (Å²) in [4.78, 5) is 24.6. The van der Waals surface area contributed by atoms with Gasteiger partial charge in [0.05, 0.1) is 11.9 Å². The largest absolute Gasteiger partial charge is 0.367 e. The van der Waals surface area contributed by atoms with Crippen LogP contribution >= 0.6 is 0 Å². The third-order valence-corrected chi connectivity index (χ3v) is 6.57. The first-order valence-electron chi connectivity index (χ1n) is 12.1. The Morgan fingerprint density at radius 3 is 2.11 bits per heavy atom. The van der Waals surface area contributed by atoms with Crippen LogP contribution in [0.15, 0.2) is 78.0 Å². The molecule has 3 rings (SSSR count). The summed E-state index contributed by atoms with van der Waals surface area (Å²) in [6, 6.07) is 19.4. The first-order chi connectivity index (χ1) is 17.9. The van der Waals surface area contributed by atoms with Crippen LogP contribution in [0.25, 0.3) is 11.1 Å². The van der Waals surface area contributed by atoms with E-state index in [0.717, 1.165) is 17.8 Å². The predicted molar refractivity (Wildman–Crippen MR) is 150 cm³/mol. The number of amidine groups is 1. The fourth-order valence-electron chi connectivity index (χ4n) is 4.17. The lowest BCUT2D eigenvalue weighted by atomic mass is 9.73. The molecule has 0 aliphatic carbocycles. The van der Waals surface area contributed by atoms with Crippen molar-refractivity contribution in [1.82, 2.24) is 10.3 Å². The highest BCUT2D eigenvalue weighted by Gasteiger charge is 2.30. The Labute approximate surface area is 220 Å². The molecule has 0 fully saturated rings. The molecule has 0 spiro atoms. The van der Waals surface area contributed by atoms with Crippen molar-refractivity contribution in [3.63, 3.8) is 0 Å². The molecule has 3 aromatic rings. The van der Waals surface area contributed by atoms with Crippen molar-refractivity contribution in [3.8, 4) is 11.1 Å². The number of aromatic nitrogens is 1. The number of rotatable bonds is 9. The van der Waals surface area contributed by atoms with E-state index in [-0.39, 0.29) is 17.3 Å². The second-order valence-electron chi connectivity index (χ2n) is 9.21. The topological polar surface area (TPSA) is 97.4 Å². The summed E-state index contributed by atoms with van der Waals surface area (Å²) in [5.41, 5.74) is 10.0. The molecule has 2 aromatic carbocycles. The van der Waals surface area contributed by atoms with Crippen molar-refractivity contribution in [2.24, 2.45) is 16.1 Å². The van der Waals surface area contributed by atoms with Crippen molar-refractivity contribution < 1.29 is 14.0 Å². The Kier molecular flexibility index (Phi) is 13.6. The Balaban J connectivity index is 0.00000163. The van der Waals surface area contributed by atoms with Gasteiger partial charge in [-0.05, 0) is 59.2 Å². The van der Waals surface area contributed by atoms with Gasteiger partial charge in [-0.25, -0.2) is 4.39 Å². The molecule has 1 heterocycles. The molecule has 0 saturated heterocycles. The van der Waals surface area contributed by atoms with Crippen LogP contribution in [0.4, 0.5) is 4.39 Å². The van der Waals surface area contributed by atoms with Crippen LogP contribution in [0, 0.1) is 11.2 Å². The predicted octanol–water partition coefficient (Wildman–Crippen LogP) is 5.75. The molecule has 0 bridgehead atoms. The summed E-state index contributed by atoms with van der Waals surface area (Å²) >= 11 is 0. The number of benzene rings is 2. The SMILES string of the molecule is C=O.C=O.CN=C(CC(C)(C)C(C)c1ccc(-c2ccncc2)cc1)N[C@@H](CCN)c1ccccc1F. The lowest BCUT2D eigenvalue weighted by Gasteiger charge is -2.34. The lowest BCUT2D eigenvalue weighted by Crippen LogP contribution is -2.35. The Morgan fingerprint density at radius 2 is 1.57 bits per heavy atom. The maximum Gasteiger partial charge on any atom is 0.128 e. The monoisotopic (exact) mass is 506 g/mol. The van der Waals surface area contributed by atoms with Gasteiger partial charge in [0.15, 0.2) is 0 Å². The molecule has 2 atom stereocenters. The molecular weight excluding hydrogens is 467 g/mol. The second kappa shape index (κ2) is 16.1. The van der Waals surface area contributed by atoms with E-state index in [0.29, 0.717) is 24.4 Å². The van der Waals surface area contributed by atoms with Gasteiger partial charge in [-0.2, -0.15) is 0 Å². The summed E-state index contributed by atoms with van der Waals surface area (Å²) in [6.45, 7) is 11.2. The summed E-state index contributed by atoms with van der Waals surface area (Å²) < 4.78 is 14.4. The van der Waals surface area contributed by atoms with Crippen molar-refractivity contribution in [2.75, 3.05) is 13.6 Å². The van der Waals surface area contributed by atoms with Gasteiger partial charge in [0.25, 0.3) is 0 Å². The molecule has 198 valence electrons. The average Bonchev–Trinajstić information content (AvgIpc) is 2.95. The van der Waals surface area contributed by atoms with Gasteiger partial charge < -0.3 is 20.6 Å². The molecule has 0 saturated carbocycles. The normalized spacial score (nSPS) is 12.8. The lowest BCUT2D eigenvalue weighted by molar-refractivity contribution is -0.0987. The van der Waals surface area contributed by atoms with Gasteiger partial charge in [0, 0.05) is 31.4 Å². The molecule has 0 aliphatic rings. The number of aliphatic imine (C=N–C) groups is 1. The van der Waals surface area contributed by atoms with E-state index >= 15 is 0 Å². The second-order valence-corrected chi connectivity index (χ2v) is 9.21. The van der Waals surface area contributed by atoms with Crippen LogP contribution in [-0.2, 0) is 9.59 Å². The number of hydrogen-bond acceptors (Lipinski definition) is 5. The first kappa shape index (κ1) is 31.3. The molecule has 1 unspecified atom stereocenters. The third kappa shape index (κ3) is 9.03. The molecule has 1 aromatic heterocycles. The smallest absolute Gasteiger partial charge is 0.128 e. The number of pyridine rings is 1. The average molecular weight is 507 g/mol. The van der Waals surface area contributed by atoms with Gasteiger partial charge >= 0.3 is 0 Å². The van der Waals surface area contributed by atoms with E-state index in [1.165, 1.54) is 17.2 Å². The van der Waals surface area contributed by atoms with Crippen molar-refractivity contribution in [2.45, 2.75) is 45.6 Å². The molecule has 7 heteroatoms. The van der Waals surface area contributed by atoms with Crippen molar-refractivity contribution in [1.29, 1.82) is 0 Å².